The highest BCUT2D eigenvalue weighted by Gasteiger charge is 2.23. The van der Waals surface area contributed by atoms with Crippen molar-refractivity contribution in [3.05, 3.63) is 41.6 Å². The van der Waals surface area contributed by atoms with Crippen molar-refractivity contribution in [2.45, 2.75) is 63.8 Å². The molecule has 0 amide bonds. The van der Waals surface area contributed by atoms with Crippen molar-refractivity contribution in [3.63, 3.8) is 0 Å². The van der Waals surface area contributed by atoms with Crippen molar-refractivity contribution < 1.29 is 4.74 Å². The van der Waals surface area contributed by atoms with E-state index < -0.39 is 0 Å². The molecular formula is C26H39N5O. The molecule has 1 saturated carbocycles. The minimum Gasteiger partial charge on any atom is -0.494 e. The molecule has 1 heterocycles. The Morgan fingerprint density at radius 2 is 1.78 bits per heavy atom. The Kier molecular flexibility index (Phi) is 8.21. The summed E-state index contributed by atoms with van der Waals surface area (Å²) in [7, 11) is 4.18. The van der Waals surface area contributed by atoms with E-state index in [1.165, 1.54) is 49.8 Å². The molecule has 6 heteroatoms. The Bertz CT molecular complexity index is 834. The van der Waals surface area contributed by atoms with Crippen molar-refractivity contribution in [2.24, 2.45) is 5.92 Å². The normalized spacial score (nSPS) is 20.4. The first-order chi connectivity index (χ1) is 15.7. The average Bonchev–Trinajstić information content (AvgIpc) is 2.82. The summed E-state index contributed by atoms with van der Waals surface area (Å²) in [4.78, 5) is 11.9. The number of rotatable bonds is 10. The lowest BCUT2D eigenvalue weighted by Gasteiger charge is -2.30. The second kappa shape index (κ2) is 11.5. The SMILES string of the molecule is CN(C)c1nc(N[C@H]2CC[C@@H](CNCCCOc3ccccc3)CC2)nc2c1CCCC2. The Morgan fingerprint density at radius 3 is 2.56 bits per heavy atom. The van der Waals surface area contributed by atoms with Gasteiger partial charge in [-0.05, 0) is 88.9 Å². The maximum Gasteiger partial charge on any atom is 0.225 e. The topological polar surface area (TPSA) is 62.3 Å². The molecule has 2 aromatic rings. The van der Waals surface area contributed by atoms with Gasteiger partial charge in [-0.3, -0.25) is 0 Å². The van der Waals surface area contributed by atoms with Crippen LogP contribution in [0, 0.1) is 5.92 Å². The predicted octanol–water partition coefficient (Wildman–Crippen LogP) is 4.45. The van der Waals surface area contributed by atoms with E-state index in [1.807, 2.05) is 30.3 Å². The second-order valence-corrected chi connectivity index (χ2v) is 9.48. The molecular weight excluding hydrogens is 398 g/mol. The van der Waals surface area contributed by atoms with E-state index in [9.17, 15) is 0 Å². The zero-order valence-electron chi connectivity index (χ0n) is 19.8. The predicted molar refractivity (Wildman–Crippen MR) is 132 cm³/mol. The number of hydrogen-bond acceptors (Lipinski definition) is 6. The van der Waals surface area contributed by atoms with Crippen molar-refractivity contribution in [2.75, 3.05) is 44.0 Å². The maximum absolute atomic E-state index is 5.76. The van der Waals surface area contributed by atoms with Crippen LogP contribution in [0.25, 0.3) is 0 Å². The van der Waals surface area contributed by atoms with Crippen molar-refractivity contribution in [3.8, 4) is 5.75 Å². The fourth-order valence-electron chi connectivity index (χ4n) is 4.91. The van der Waals surface area contributed by atoms with Gasteiger partial charge < -0.3 is 20.3 Å². The van der Waals surface area contributed by atoms with Gasteiger partial charge in [-0.1, -0.05) is 18.2 Å². The molecule has 1 fully saturated rings. The number of anilines is 2. The fraction of sp³-hybridized carbons (Fsp3) is 0.615. The molecule has 2 aliphatic carbocycles. The zero-order valence-corrected chi connectivity index (χ0v) is 19.8. The number of benzene rings is 1. The third-order valence-corrected chi connectivity index (χ3v) is 6.71. The van der Waals surface area contributed by atoms with Crippen LogP contribution in [0.5, 0.6) is 5.75 Å². The van der Waals surface area contributed by atoms with Crippen LogP contribution in [0.1, 0.15) is 56.2 Å². The summed E-state index contributed by atoms with van der Waals surface area (Å²) in [6, 6.07) is 10.5. The molecule has 4 rings (SSSR count). The summed E-state index contributed by atoms with van der Waals surface area (Å²) in [6.45, 7) is 2.89. The molecule has 0 atom stereocenters. The third kappa shape index (κ3) is 6.35. The molecule has 2 N–H and O–H groups in total. The quantitative estimate of drug-likeness (QED) is 0.536. The minimum absolute atomic E-state index is 0.488. The maximum atomic E-state index is 5.76. The lowest BCUT2D eigenvalue weighted by atomic mass is 9.86. The molecule has 6 nitrogen and oxygen atoms in total. The number of hydrogen-bond donors (Lipinski definition) is 2. The van der Waals surface area contributed by atoms with Gasteiger partial charge in [0, 0.05) is 25.7 Å². The summed E-state index contributed by atoms with van der Waals surface area (Å²) in [5.74, 6) is 3.66. The van der Waals surface area contributed by atoms with Crippen molar-refractivity contribution >= 4 is 11.8 Å². The van der Waals surface area contributed by atoms with Crippen LogP contribution in [-0.2, 0) is 12.8 Å². The molecule has 0 radical (unpaired) electrons. The van der Waals surface area contributed by atoms with Gasteiger partial charge in [-0.25, -0.2) is 4.98 Å². The van der Waals surface area contributed by atoms with Gasteiger partial charge in [-0.2, -0.15) is 4.98 Å². The number of aryl methyl sites for hydroxylation is 1. The van der Waals surface area contributed by atoms with Crippen LogP contribution < -0.4 is 20.3 Å². The molecule has 2 aliphatic rings. The Labute approximate surface area is 193 Å². The van der Waals surface area contributed by atoms with Crippen LogP contribution in [0.15, 0.2) is 30.3 Å². The van der Waals surface area contributed by atoms with Crippen molar-refractivity contribution in [1.29, 1.82) is 0 Å². The molecule has 32 heavy (non-hydrogen) atoms. The van der Waals surface area contributed by atoms with Crippen molar-refractivity contribution in [1.82, 2.24) is 15.3 Å². The molecule has 0 unspecified atom stereocenters. The van der Waals surface area contributed by atoms with Gasteiger partial charge in [0.25, 0.3) is 0 Å². The Balaban J connectivity index is 1.16. The fourth-order valence-corrected chi connectivity index (χ4v) is 4.91. The lowest BCUT2D eigenvalue weighted by Crippen LogP contribution is -2.32. The molecule has 0 spiro atoms. The van der Waals surface area contributed by atoms with Gasteiger partial charge in [0.1, 0.15) is 11.6 Å². The van der Waals surface area contributed by atoms with E-state index in [-0.39, 0.29) is 0 Å². The molecule has 1 aromatic carbocycles. The average molecular weight is 438 g/mol. The van der Waals surface area contributed by atoms with Crippen LogP contribution in [-0.4, -0.2) is 49.8 Å². The van der Waals surface area contributed by atoms with Gasteiger partial charge in [-0.15, -0.1) is 0 Å². The van der Waals surface area contributed by atoms with Gasteiger partial charge in [0.2, 0.25) is 5.95 Å². The first kappa shape index (κ1) is 22.8. The number of fused-ring (bicyclic) bond motifs is 1. The second-order valence-electron chi connectivity index (χ2n) is 9.48. The van der Waals surface area contributed by atoms with Gasteiger partial charge in [0.05, 0.1) is 12.3 Å². The minimum atomic E-state index is 0.488. The first-order valence-corrected chi connectivity index (χ1v) is 12.4. The monoisotopic (exact) mass is 437 g/mol. The van der Waals surface area contributed by atoms with Crippen LogP contribution in [0.3, 0.4) is 0 Å². The van der Waals surface area contributed by atoms with E-state index in [2.05, 4.69) is 29.6 Å². The summed E-state index contributed by atoms with van der Waals surface area (Å²) in [6.07, 6.45) is 10.6. The number of ether oxygens (including phenoxy) is 1. The standard InChI is InChI=1S/C26H39N5O/c1-31(2)25-23-11-6-7-12-24(23)29-26(30-25)28-21-15-13-20(14-16-21)19-27-17-8-18-32-22-9-4-3-5-10-22/h3-5,9-10,20-21,27H,6-8,11-19H2,1-2H3,(H,28,29,30)/t20-,21+. The largest absolute Gasteiger partial charge is 0.494 e. The summed E-state index contributed by atoms with van der Waals surface area (Å²) >= 11 is 0. The number of aromatic nitrogens is 2. The highest BCUT2D eigenvalue weighted by atomic mass is 16.5. The summed E-state index contributed by atoms with van der Waals surface area (Å²) < 4.78 is 5.76. The Hall–Kier alpha value is -2.34. The third-order valence-electron chi connectivity index (χ3n) is 6.71. The molecule has 174 valence electrons. The van der Waals surface area contributed by atoms with Gasteiger partial charge >= 0.3 is 0 Å². The highest BCUT2D eigenvalue weighted by Crippen LogP contribution is 2.30. The lowest BCUT2D eigenvalue weighted by molar-refractivity contribution is 0.295. The van der Waals surface area contributed by atoms with E-state index in [1.54, 1.807) is 0 Å². The molecule has 0 aliphatic heterocycles. The smallest absolute Gasteiger partial charge is 0.225 e. The van der Waals surface area contributed by atoms with E-state index >= 15 is 0 Å². The van der Waals surface area contributed by atoms with Crippen LogP contribution in [0.2, 0.25) is 0 Å². The van der Waals surface area contributed by atoms with E-state index in [0.29, 0.717) is 6.04 Å². The van der Waals surface area contributed by atoms with Gasteiger partial charge in [0.15, 0.2) is 0 Å². The van der Waals surface area contributed by atoms with Crippen LogP contribution in [0.4, 0.5) is 11.8 Å². The molecule has 1 aromatic heterocycles. The molecule has 0 bridgehead atoms. The number of para-hydroxylation sites is 1. The zero-order chi connectivity index (χ0) is 22.2. The van der Waals surface area contributed by atoms with E-state index in [4.69, 9.17) is 14.7 Å². The number of nitrogens with one attached hydrogen (secondary N) is 2. The highest BCUT2D eigenvalue weighted by molar-refractivity contribution is 5.52. The first-order valence-electron chi connectivity index (χ1n) is 12.4. The van der Waals surface area contributed by atoms with Crippen LogP contribution >= 0.6 is 0 Å². The number of nitrogens with zero attached hydrogens (tertiary/aromatic N) is 3. The van der Waals surface area contributed by atoms with E-state index in [0.717, 1.165) is 62.4 Å². The Morgan fingerprint density at radius 1 is 1.00 bits per heavy atom. The summed E-state index contributed by atoms with van der Waals surface area (Å²) in [5.41, 5.74) is 2.61. The molecule has 0 saturated heterocycles. The summed E-state index contributed by atoms with van der Waals surface area (Å²) in [5, 5.41) is 7.29.